The number of carbonyl (C=O) groups excluding carboxylic acids is 1. The molecule has 6 nitrogen and oxygen atoms in total. The molecule has 1 aliphatic rings. The third kappa shape index (κ3) is 3.37. The van der Waals surface area contributed by atoms with E-state index >= 15 is 0 Å². The summed E-state index contributed by atoms with van der Waals surface area (Å²) < 4.78 is 0. The first kappa shape index (κ1) is 17.4. The van der Waals surface area contributed by atoms with Crippen molar-refractivity contribution in [2.24, 2.45) is 5.92 Å². The summed E-state index contributed by atoms with van der Waals surface area (Å²) in [6.45, 7) is 8.09. The minimum atomic E-state index is -0.416. The van der Waals surface area contributed by atoms with Crippen molar-refractivity contribution in [1.29, 1.82) is 0 Å². The second-order valence-corrected chi connectivity index (χ2v) is 6.49. The molecule has 1 aromatic rings. The average molecular weight is 320 g/mol. The Labute approximate surface area is 136 Å². The monoisotopic (exact) mass is 320 g/mol. The number of likely N-dealkylation sites (tertiary alicyclic amines) is 1. The van der Waals surface area contributed by atoms with Crippen LogP contribution in [0, 0.1) is 36.8 Å². The molecule has 1 unspecified atom stereocenters. The summed E-state index contributed by atoms with van der Waals surface area (Å²) in [5.41, 5.74) is 2.26. The number of rotatable bonds is 3. The van der Waals surface area contributed by atoms with Gasteiger partial charge in [0.1, 0.15) is 0 Å². The number of aliphatic hydroxyl groups is 1. The van der Waals surface area contributed by atoms with E-state index in [0.29, 0.717) is 29.8 Å². The van der Waals surface area contributed by atoms with Crippen molar-refractivity contribution in [3.63, 3.8) is 0 Å². The van der Waals surface area contributed by atoms with E-state index in [4.69, 9.17) is 0 Å². The van der Waals surface area contributed by atoms with Crippen LogP contribution in [-0.2, 0) is 0 Å². The normalized spacial score (nSPS) is 17.2. The number of benzene rings is 1. The number of nitro benzene ring substituents is 1. The Balaban J connectivity index is 2.30. The van der Waals surface area contributed by atoms with Gasteiger partial charge in [-0.3, -0.25) is 14.9 Å². The van der Waals surface area contributed by atoms with E-state index in [2.05, 4.69) is 0 Å². The zero-order valence-electron chi connectivity index (χ0n) is 14.1. The van der Waals surface area contributed by atoms with Crippen LogP contribution in [0.5, 0.6) is 0 Å². The average Bonchev–Trinajstić information content (AvgIpc) is 2.46. The van der Waals surface area contributed by atoms with E-state index in [0.717, 1.165) is 18.4 Å². The van der Waals surface area contributed by atoms with Crippen LogP contribution in [0.4, 0.5) is 5.69 Å². The van der Waals surface area contributed by atoms with E-state index in [1.54, 1.807) is 31.7 Å². The summed E-state index contributed by atoms with van der Waals surface area (Å²) in [5.74, 6) is 0.0701. The van der Waals surface area contributed by atoms with Gasteiger partial charge in [-0.25, -0.2) is 0 Å². The number of nitro groups is 1. The van der Waals surface area contributed by atoms with E-state index < -0.39 is 4.92 Å². The zero-order valence-corrected chi connectivity index (χ0v) is 14.1. The number of aliphatic hydroxyl groups excluding tert-OH is 1. The molecule has 0 bridgehead atoms. The standard InChI is InChI=1S/C17H24N2O4/c1-10-9-11(2)16(19(22)23)12(3)15(10)17(21)18-7-5-14(6-8-18)13(4)20/h9,13-14,20H,5-8H2,1-4H3. The van der Waals surface area contributed by atoms with Crippen LogP contribution < -0.4 is 0 Å². The molecule has 1 amide bonds. The highest BCUT2D eigenvalue weighted by atomic mass is 16.6. The molecule has 23 heavy (non-hydrogen) atoms. The smallest absolute Gasteiger partial charge is 0.275 e. The van der Waals surface area contributed by atoms with Gasteiger partial charge in [-0.1, -0.05) is 0 Å². The minimum Gasteiger partial charge on any atom is -0.393 e. The highest BCUT2D eigenvalue weighted by molar-refractivity contribution is 5.98. The van der Waals surface area contributed by atoms with Gasteiger partial charge in [0.15, 0.2) is 0 Å². The van der Waals surface area contributed by atoms with Crippen molar-refractivity contribution < 1.29 is 14.8 Å². The first-order chi connectivity index (χ1) is 10.7. The summed E-state index contributed by atoms with van der Waals surface area (Å²) in [5, 5.41) is 20.9. The van der Waals surface area contributed by atoms with Crippen LogP contribution in [0.25, 0.3) is 0 Å². The largest absolute Gasteiger partial charge is 0.393 e. The number of amides is 1. The maximum atomic E-state index is 12.8. The maximum Gasteiger partial charge on any atom is 0.275 e. The molecule has 0 radical (unpaired) electrons. The maximum absolute atomic E-state index is 12.8. The topological polar surface area (TPSA) is 83.7 Å². The first-order valence-corrected chi connectivity index (χ1v) is 7.96. The number of aryl methyl sites for hydroxylation is 2. The highest BCUT2D eigenvalue weighted by Crippen LogP contribution is 2.31. The van der Waals surface area contributed by atoms with Gasteiger partial charge >= 0.3 is 0 Å². The molecular formula is C17H24N2O4. The SMILES string of the molecule is Cc1cc(C)c([N+](=O)[O-])c(C)c1C(=O)N1CCC(C(C)O)CC1. The van der Waals surface area contributed by atoms with E-state index in [-0.39, 0.29) is 23.6 Å². The van der Waals surface area contributed by atoms with Gasteiger partial charge in [0.05, 0.1) is 16.6 Å². The lowest BCUT2D eigenvalue weighted by molar-refractivity contribution is -0.386. The summed E-state index contributed by atoms with van der Waals surface area (Å²) in [6.07, 6.45) is 1.15. The lowest BCUT2D eigenvalue weighted by Gasteiger charge is -2.34. The van der Waals surface area contributed by atoms with Crippen LogP contribution in [0.1, 0.15) is 46.8 Å². The Kier molecular flexibility index (Phi) is 5.04. The molecule has 0 aliphatic carbocycles. The van der Waals surface area contributed by atoms with Gasteiger partial charge in [0.2, 0.25) is 0 Å². The second-order valence-electron chi connectivity index (χ2n) is 6.49. The summed E-state index contributed by atoms with van der Waals surface area (Å²) in [6, 6.07) is 1.71. The Bertz CT molecular complexity index is 632. The fourth-order valence-corrected chi connectivity index (χ4v) is 3.53. The van der Waals surface area contributed by atoms with Crippen molar-refractivity contribution in [3.8, 4) is 0 Å². The molecule has 6 heteroatoms. The van der Waals surface area contributed by atoms with Gasteiger partial charge in [0, 0.05) is 24.2 Å². The van der Waals surface area contributed by atoms with Gasteiger partial charge in [-0.2, -0.15) is 0 Å². The number of hydrogen-bond donors (Lipinski definition) is 1. The minimum absolute atomic E-state index is 0.0258. The Morgan fingerprint density at radius 2 is 1.87 bits per heavy atom. The summed E-state index contributed by atoms with van der Waals surface area (Å²) >= 11 is 0. The zero-order chi connectivity index (χ0) is 17.3. The molecule has 0 saturated carbocycles. The fourth-order valence-electron chi connectivity index (χ4n) is 3.53. The van der Waals surface area contributed by atoms with E-state index in [9.17, 15) is 20.0 Å². The number of nitrogens with zero attached hydrogens (tertiary/aromatic N) is 2. The molecule has 126 valence electrons. The molecule has 0 aromatic heterocycles. The lowest BCUT2D eigenvalue weighted by Crippen LogP contribution is -2.41. The number of carbonyl (C=O) groups is 1. The van der Waals surface area contributed by atoms with E-state index in [1.807, 2.05) is 6.92 Å². The van der Waals surface area contributed by atoms with Crippen LogP contribution >= 0.6 is 0 Å². The van der Waals surface area contributed by atoms with Gasteiger partial charge in [0.25, 0.3) is 11.6 Å². The third-order valence-corrected chi connectivity index (χ3v) is 4.84. The molecule has 2 rings (SSSR count). The number of hydrogen-bond acceptors (Lipinski definition) is 4. The molecule has 1 heterocycles. The molecule has 1 aromatic carbocycles. The molecule has 1 atom stereocenters. The molecule has 1 fully saturated rings. The van der Waals surface area contributed by atoms with Crippen molar-refractivity contribution in [2.75, 3.05) is 13.1 Å². The van der Waals surface area contributed by atoms with Crippen molar-refractivity contribution in [1.82, 2.24) is 4.90 Å². The lowest BCUT2D eigenvalue weighted by atomic mass is 9.91. The molecule has 0 spiro atoms. The molecule has 1 saturated heterocycles. The van der Waals surface area contributed by atoms with Crippen LogP contribution in [0.15, 0.2) is 6.07 Å². The Hall–Kier alpha value is -1.95. The predicted octanol–water partition coefficient (Wildman–Crippen LogP) is 2.75. The molecular weight excluding hydrogens is 296 g/mol. The summed E-state index contributed by atoms with van der Waals surface area (Å²) in [7, 11) is 0. The van der Waals surface area contributed by atoms with Crippen molar-refractivity contribution in [3.05, 3.63) is 38.4 Å². The Morgan fingerprint density at radius 3 is 2.35 bits per heavy atom. The molecule has 1 aliphatic heterocycles. The van der Waals surface area contributed by atoms with Gasteiger partial charge in [-0.05, 0) is 58.1 Å². The second kappa shape index (κ2) is 6.66. The van der Waals surface area contributed by atoms with Crippen LogP contribution in [-0.4, -0.2) is 40.0 Å². The predicted molar refractivity (Wildman–Crippen MR) is 87.6 cm³/mol. The van der Waals surface area contributed by atoms with Crippen molar-refractivity contribution >= 4 is 11.6 Å². The van der Waals surface area contributed by atoms with Crippen LogP contribution in [0.2, 0.25) is 0 Å². The first-order valence-electron chi connectivity index (χ1n) is 7.96. The van der Waals surface area contributed by atoms with Gasteiger partial charge in [-0.15, -0.1) is 0 Å². The summed E-state index contributed by atoms with van der Waals surface area (Å²) in [4.78, 5) is 25.4. The van der Waals surface area contributed by atoms with Gasteiger partial charge < -0.3 is 10.0 Å². The van der Waals surface area contributed by atoms with Crippen molar-refractivity contribution in [2.45, 2.75) is 46.6 Å². The van der Waals surface area contributed by atoms with Crippen LogP contribution in [0.3, 0.4) is 0 Å². The highest BCUT2D eigenvalue weighted by Gasteiger charge is 2.30. The fraction of sp³-hybridized carbons (Fsp3) is 0.588. The molecule has 1 N–H and O–H groups in total. The Morgan fingerprint density at radius 1 is 1.30 bits per heavy atom. The number of piperidine rings is 1. The third-order valence-electron chi connectivity index (χ3n) is 4.84. The van der Waals surface area contributed by atoms with E-state index in [1.165, 1.54) is 0 Å². The quantitative estimate of drug-likeness (QED) is 0.685.